The first kappa shape index (κ1) is 46.4. The van der Waals surface area contributed by atoms with Gasteiger partial charge in [0.2, 0.25) is 0 Å². The number of unbranched alkanes of at least 4 members (excludes halogenated alkanes) is 16. The van der Waals surface area contributed by atoms with E-state index >= 15 is 0 Å². The lowest BCUT2D eigenvalue weighted by molar-refractivity contribution is -0.159. The molecule has 0 aliphatic heterocycles. The summed E-state index contributed by atoms with van der Waals surface area (Å²) in [6.45, 7) is 15.8. The lowest BCUT2D eigenvalue weighted by Gasteiger charge is -2.27. The number of rotatable bonds is 26. The molecule has 0 radical (unpaired) electrons. The second kappa shape index (κ2) is 25.3. The van der Waals surface area contributed by atoms with Crippen LogP contribution in [0.15, 0.2) is 0 Å². The van der Waals surface area contributed by atoms with Crippen molar-refractivity contribution in [2.75, 3.05) is 0 Å². The van der Waals surface area contributed by atoms with Crippen molar-refractivity contribution >= 4 is 30.2 Å². The fraction of sp³-hybridized carbons (Fsp3) is 0.872. The molecular formula is C39H72N2O8. The van der Waals surface area contributed by atoms with Gasteiger partial charge in [-0.15, -0.1) is 0 Å². The van der Waals surface area contributed by atoms with Gasteiger partial charge >= 0.3 is 23.9 Å². The highest BCUT2D eigenvalue weighted by Crippen LogP contribution is 2.17. The summed E-state index contributed by atoms with van der Waals surface area (Å²) in [5.74, 6) is -1.69. The van der Waals surface area contributed by atoms with Crippen molar-refractivity contribution in [1.29, 1.82) is 0 Å². The van der Waals surface area contributed by atoms with Gasteiger partial charge in [0.15, 0.2) is 0 Å². The first-order valence-corrected chi connectivity index (χ1v) is 19.0. The quantitative estimate of drug-likeness (QED) is 0.0396. The summed E-state index contributed by atoms with van der Waals surface area (Å²) in [5, 5.41) is 5.33. The standard InChI is InChI=1S/C39H72N2O8/c1-37(2,3)47-33(43)29-28-32(35(45)49-39(7,8)9)41-36(46)40-31(34(44)48-38(4,5)6)27-25-23-21-19-17-15-13-11-10-12-14-16-18-20-22-24-26-30-42/h30-32H,10-29H2,1-9H3,(H2,40,41,46)/t31-,32-/m0/s1. The second-order valence-electron chi connectivity index (χ2n) is 16.3. The molecule has 0 unspecified atom stereocenters. The summed E-state index contributed by atoms with van der Waals surface area (Å²) in [5.41, 5.74) is -2.19. The van der Waals surface area contributed by atoms with Crippen LogP contribution in [0.3, 0.4) is 0 Å². The van der Waals surface area contributed by atoms with E-state index < -0.39 is 52.8 Å². The zero-order valence-electron chi connectivity index (χ0n) is 32.6. The minimum atomic E-state index is -1.11. The molecule has 0 aromatic heterocycles. The number of carbonyl (C=O) groups excluding carboxylic acids is 5. The number of nitrogens with one attached hydrogen (secondary N) is 2. The Bertz CT molecular complexity index is 946. The third-order valence-electron chi connectivity index (χ3n) is 7.62. The lowest BCUT2D eigenvalue weighted by Crippen LogP contribution is -2.53. The maximum atomic E-state index is 13.1. The molecule has 0 saturated carbocycles. The normalized spacial score (nSPS) is 13.2. The van der Waals surface area contributed by atoms with Crippen LogP contribution in [-0.2, 0) is 33.4 Å². The molecule has 0 aliphatic carbocycles. The van der Waals surface area contributed by atoms with E-state index in [9.17, 15) is 24.0 Å². The van der Waals surface area contributed by atoms with Gasteiger partial charge in [0.1, 0.15) is 35.2 Å². The predicted octanol–water partition coefficient (Wildman–Crippen LogP) is 9.05. The van der Waals surface area contributed by atoms with Gasteiger partial charge < -0.3 is 29.6 Å². The summed E-state index contributed by atoms with van der Waals surface area (Å²) in [6.07, 6.45) is 20.9. The Morgan fingerprint density at radius 1 is 0.490 bits per heavy atom. The molecular weight excluding hydrogens is 624 g/mol. The van der Waals surface area contributed by atoms with Crippen LogP contribution in [0.4, 0.5) is 4.79 Å². The summed E-state index contributed by atoms with van der Waals surface area (Å²) in [4.78, 5) is 61.7. The second-order valence-corrected chi connectivity index (χ2v) is 16.3. The molecule has 0 aliphatic rings. The molecule has 0 fully saturated rings. The number of aldehydes is 1. The van der Waals surface area contributed by atoms with E-state index in [2.05, 4.69) is 10.6 Å². The van der Waals surface area contributed by atoms with E-state index in [1.54, 1.807) is 62.3 Å². The van der Waals surface area contributed by atoms with Crippen LogP contribution in [0.5, 0.6) is 0 Å². The molecule has 10 heteroatoms. The number of esters is 3. The molecule has 2 amide bonds. The van der Waals surface area contributed by atoms with E-state index in [1.165, 1.54) is 70.6 Å². The number of hydrogen-bond acceptors (Lipinski definition) is 8. The van der Waals surface area contributed by atoms with Crippen molar-refractivity contribution in [3.05, 3.63) is 0 Å². The monoisotopic (exact) mass is 697 g/mol. The fourth-order valence-corrected chi connectivity index (χ4v) is 5.31. The van der Waals surface area contributed by atoms with E-state index in [1.807, 2.05) is 0 Å². The molecule has 2 atom stereocenters. The van der Waals surface area contributed by atoms with E-state index in [0.717, 1.165) is 38.4 Å². The van der Waals surface area contributed by atoms with Crippen molar-refractivity contribution in [3.63, 3.8) is 0 Å². The molecule has 0 rings (SSSR count). The molecule has 10 nitrogen and oxygen atoms in total. The topological polar surface area (TPSA) is 137 Å². The molecule has 286 valence electrons. The minimum Gasteiger partial charge on any atom is -0.460 e. The van der Waals surface area contributed by atoms with Gasteiger partial charge in [-0.2, -0.15) is 0 Å². The third-order valence-corrected chi connectivity index (χ3v) is 7.62. The summed E-state index contributed by atoms with van der Waals surface area (Å²) in [7, 11) is 0. The van der Waals surface area contributed by atoms with Crippen molar-refractivity contribution in [1.82, 2.24) is 10.6 Å². The Morgan fingerprint density at radius 2 is 0.816 bits per heavy atom. The van der Waals surface area contributed by atoms with Gasteiger partial charge in [-0.05, 0) is 81.6 Å². The third kappa shape index (κ3) is 29.9. The number of hydrogen-bond donors (Lipinski definition) is 2. The van der Waals surface area contributed by atoms with Crippen LogP contribution in [0.1, 0.15) is 191 Å². The molecule has 0 aromatic carbocycles. The Hall–Kier alpha value is -2.65. The van der Waals surface area contributed by atoms with Crippen LogP contribution >= 0.6 is 0 Å². The highest BCUT2D eigenvalue weighted by Gasteiger charge is 2.31. The smallest absolute Gasteiger partial charge is 0.329 e. The Kier molecular flexibility index (Phi) is 24.0. The van der Waals surface area contributed by atoms with Crippen LogP contribution < -0.4 is 10.6 Å². The van der Waals surface area contributed by atoms with Crippen LogP contribution in [0.25, 0.3) is 0 Å². The van der Waals surface area contributed by atoms with Crippen molar-refractivity contribution in [2.24, 2.45) is 0 Å². The van der Waals surface area contributed by atoms with Crippen molar-refractivity contribution in [2.45, 2.75) is 220 Å². The molecule has 0 heterocycles. The first-order chi connectivity index (χ1) is 22.8. The summed E-state index contributed by atoms with van der Waals surface area (Å²) >= 11 is 0. The van der Waals surface area contributed by atoms with Crippen LogP contribution in [0.2, 0.25) is 0 Å². The molecule has 2 N–H and O–H groups in total. The number of amides is 2. The maximum Gasteiger partial charge on any atom is 0.329 e. The molecule has 49 heavy (non-hydrogen) atoms. The van der Waals surface area contributed by atoms with Crippen LogP contribution in [-0.4, -0.2) is 59.1 Å². The highest BCUT2D eigenvalue weighted by atomic mass is 16.6. The van der Waals surface area contributed by atoms with Gasteiger partial charge in [-0.3, -0.25) is 4.79 Å². The van der Waals surface area contributed by atoms with Gasteiger partial charge in [-0.25, -0.2) is 14.4 Å². The number of ether oxygens (including phenoxy) is 3. The molecule has 0 bridgehead atoms. The average molecular weight is 697 g/mol. The average Bonchev–Trinajstić information content (AvgIpc) is 2.95. The van der Waals surface area contributed by atoms with Crippen molar-refractivity contribution < 1.29 is 38.2 Å². The zero-order valence-corrected chi connectivity index (χ0v) is 32.6. The highest BCUT2D eigenvalue weighted by molar-refractivity contribution is 5.87. The van der Waals surface area contributed by atoms with Crippen molar-refractivity contribution in [3.8, 4) is 0 Å². The Balaban J connectivity index is 4.70. The van der Waals surface area contributed by atoms with Gasteiger partial charge in [0.05, 0.1) is 0 Å². The lowest BCUT2D eigenvalue weighted by atomic mass is 10.0. The number of carbonyl (C=O) groups is 5. The van der Waals surface area contributed by atoms with E-state index in [4.69, 9.17) is 14.2 Å². The molecule has 0 spiro atoms. The Morgan fingerprint density at radius 3 is 1.16 bits per heavy atom. The largest absolute Gasteiger partial charge is 0.460 e. The van der Waals surface area contributed by atoms with E-state index in [-0.39, 0.29) is 12.8 Å². The van der Waals surface area contributed by atoms with Crippen LogP contribution in [0, 0.1) is 0 Å². The maximum absolute atomic E-state index is 13.1. The fourth-order valence-electron chi connectivity index (χ4n) is 5.31. The van der Waals surface area contributed by atoms with E-state index in [0.29, 0.717) is 12.8 Å². The zero-order chi connectivity index (χ0) is 37.3. The Labute approximate surface area is 298 Å². The van der Waals surface area contributed by atoms with Gasteiger partial charge in [0, 0.05) is 12.8 Å². The summed E-state index contributed by atoms with van der Waals surface area (Å²) in [6, 6.07) is -2.70. The van der Waals surface area contributed by atoms with Gasteiger partial charge in [0.25, 0.3) is 0 Å². The first-order valence-electron chi connectivity index (χ1n) is 19.0. The minimum absolute atomic E-state index is 0.0145. The predicted molar refractivity (Wildman–Crippen MR) is 195 cm³/mol. The summed E-state index contributed by atoms with van der Waals surface area (Å²) < 4.78 is 16.4. The number of urea groups is 1. The van der Waals surface area contributed by atoms with Gasteiger partial charge in [-0.1, -0.05) is 96.3 Å². The molecule has 0 aromatic rings. The SMILES string of the molecule is CC(C)(C)OC(=O)CC[C@H](NC(=O)N[C@@H](CCCCCCCCCCCCCCCCCCC=O)C(=O)OC(C)(C)C)C(=O)OC(C)(C)C. The molecule has 0 saturated heterocycles.